The maximum absolute atomic E-state index is 13.1. The third kappa shape index (κ3) is 5.72. The Balaban J connectivity index is 1.85. The maximum atomic E-state index is 13.1. The van der Waals surface area contributed by atoms with Gasteiger partial charge in [0.25, 0.3) is 0 Å². The van der Waals surface area contributed by atoms with Gasteiger partial charge in [-0.25, -0.2) is 4.79 Å². The van der Waals surface area contributed by atoms with E-state index in [1.54, 1.807) is 19.4 Å². The van der Waals surface area contributed by atoms with Crippen molar-refractivity contribution < 1.29 is 19.7 Å². The number of aromatic nitrogens is 2. The fourth-order valence-corrected chi connectivity index (χ4v) is 4.43. The van der Waals surface area contributed by atoms with Gasteiger partial charge < -0.3 is 25.0 Å². The molecule has 4 aromatic rings. The van der Waals surface area contributed by atoms with Gasteiger partial charge in [0, 0.05) is 19.2 Å². The molecule has 0 radical (unpaired) electrons. The van der Waals surface area contributed by atoms with Gasteiger partial charge in [0.05, 0.1) is 20.3 Å². The lowest BCUT2D eigenvalue weighted by Gasteiger charge is -2.37. The number of anilines is 1. The summed E-state index contributed by atoms with van der Waals surface area (Å²) >= 11 is 0. The Hall–Kier alpha value is -3.98. The largest absolute Gasteiger partial charge is 0.497 e. The zero-order valence-corrected chi connectivity index (χ0v) is 20.7. The number of hydrogen-bond donors (Lipinski definition) is 3. The normalized spacial score (nSPS) is 12.2. The van der Waals surface area contributed by atoms with Crippen LogP contribution in [0, 0.1) is 0 Å². The van der Waals surface area contributed by atoms with Gasteiger partial charge in [-0.05, 0) is 34.9 Å². The molecule has 0 saturated heterocycles. The highest BCUT2D eigenvalue weighted by Gasteiger charge is 2.37. The Morgan fingerprint density at radius 2 is 1.46 bits per heavy atom. The summed E-state index contributed by atoms with van der Waals surface area (Å²) in [4.78, 5) is 17.4. The van der Waals surface area contributed by atoms with Gasteiger partial charge in [-0.15, -0.1) is 0 Å². The molecule has 0 aliphatic rings. The minimum Gasteiger partial charge on any atom is -0.497 e. The van der Waals surface area contributed by atoms with E-state index >= 15 is 0 Å². The first-order valence-electron chi connectivity index (χ1n) is 12.1. The zero-order chi connectivity index (χ0) is 26.1. The predicted octanol–water partition coefficient (Wildman–Crippen LogP) is 3.55. The highest BCUT2D eigenvalue weighted by atomic mass is 16.5. The van der Waals surface area contributed by atoms with Crippen LogP contribution in [-0.4, -0.2) is 46.7 Å². The number of rotatable bonds is 12. The first kappa shape index (κ1) is 26.1. The molecule has 0 saturated carbocycles. The van der Waals surface area contributed by atoms with Gasteiger partial charge >= 0.3 is 5.69 Å². The molecule has 0 aliphatic carbocycles. The van der Waals surface area contributed by atoms with Crippen LogP contribution in [-0.2, 0) is 10.3 Å². The van der Waals surface area contributed by atoms with Gasteiger partial charge in [0.1, 0.15) is 23.3 Å². The highest BCUT2D eigenvalue weighted by Crippen LogP contribution is 2.40. The minimum atomic E-state index is -0.877. The molecule has 37 heavy (non-hydrogen) atoms. The standard InChI is InChI=1S/C29H31N3O5/c1-36-25-14-12-24(13-15-25)29(22-8-4-2-5-9-22,23-10-6-3-7-11-23)31-26-16-18-32(28(35)30-26)27(17-19-33)37-21-20-34/h2-16,18,27,33-34H,17,19-21H2,1H3,(H,30,31,35)/t27-/m0/s1. The van der Waals surface area contributed by atoms with Gasteiger partial charge in [-0.2, -0.15) is 4.98 Å². The fourth-order valence-electron chi connectivity index (χ4n) is 4.43. The topological polar surface area (TPSA) is 106 Å². The van der Waals surface area contributed by atoms with E-state index in [4.69, 9.17) is 14.6 Å². The van der Waals surface area contributed by atoms with E-state index in [1.165, 1.54) is 4.57 Å². The number of nitrogens with zero attached hydrogens (tertiary/aromatic N) is 2. The molecule has 1 aromatic heterocycles. The first-order valence-corrected chi connectivity index (χ1v) is 12.1. The molecule has 1 atom stereocenters. The second-order valence-electron chi connectivity index (χ2n) is 8.40. The summed E-state index contributed by atoms with van der Waals surface area (Å²) in [6.07, 6.45) is 1.04. The van der Waals surface area contributed by atoms with Crippen molar-refractivity contribution in [3.8, 4) is 5.75 Å². The molecule has 192 valence electrons. The molecule has 4 rings (SSSR count). The van der Waals surface area contributed by atoms with Crippen molar-refractivity contribution in [1.29, 1.82) is 0 Å². The van der Waals surface area contributed by atoms with E-state index < -0.39 is 17.5 Å². The van der Waals surface area contributed by atoms with E-state index in [0.29, 0.717) is 5.82 Å². The van der Waals surface area contributed by atoms with Crippen LogP contribution in [0.2, 0.25) is 0 Å². The van der Waals surface area contributed by atoms with E-state index in [0.717, 1.165) is 22.4 Å². The fraction of sp³-hybridized carbons (Fsp3) is 0.241. The van der Waals surface area contributed by atoms with Crippen molar-refractivity contribution in [3.63, 3.8) is 0 Å². The molecular weight excluding hydrogens is 470 g/mol. The number of methoxy groups -OCH3 is 1. The average Bonchev–Trinajstić information content (AvgIpc) is 2.95. The maximum Gasteiger partial charge on any atom is 0.351 e. The molecule has 3 N–H and O–H groups in total. The predicted molar refractivity (Wildman–Crippen MR) is 142 cm³/mol. The number of hydrogen-bond acceptors (Lipinski definition) is 7. The monoisotopic (exact) mass is 501 g/mol. The zero-order valence-electron chi connectivity index (χ0n) is 20.7. The molecule has 0 aliphatic heterocycles. The summed E-state index contributed by atoms with van der Waals surface area (Å²) in [6, 6.07) is 29.4. The molecule has 0 unspecified atom stereocenters. The summed E-state index contributed by atoms with van der Waals surface area (Å²) in [7, 11) is 1.63. The van der Waals surface area contributed by atoms with Crippen LogP contribution in [0.1, 0.15) is 29.3 Å². The van der Waals surface area contributed by atoms with Crippen LogP contribution in [0.15, 0.2) is 102 Å². The lowest BCUT2D eigenvalue weighted by Crippen LogP contribution is -2.39. The third-order valence-electron chi connectivity index (χ3n) is 6.17. The minimum absolute atomic E-state index is 0.0414. The lowest BCUT2D eigenvalue weighted by molar-refractivity contribution is -0.0307. The summed E-state index contributed by atoms with van der Waals surface area (Å²) < 4.78 is 12.3. The number of aliphatic hydroxyl groups is 2. The Morgan fingerprint density at radius 3 is 1.97 bits per heavy atom. The molecule has 0 amide bonds. The number of aliphatic hydroxyl groups excluding tert-OH is 2. The van der Waals surface area contributed by atoms with Crippen molar-refractivity contribution in [3.05, 3.63) is 124 Å². The van der Waals surface area contributed by atoms with Crippen molar-refractivity contribution in [2.45, 2.75) is 18.2 Å². The highest BCUT2D eigenvalue weighted by molar-refractivity contribution is 5.58. The summed E-state index contributed by atoms with van der Waals surface area (Å²) in [5.74, 6) is 1.10. The summed E-state index contributed by atoms with van der Waals surface area (Å²) in [5.41, 5.74) is 1.44. The number of nitrogens with one attached hydrogen (secondary N) is 1. The molecule has 0 spiro atoms. The van der Waals surface area contributed by atoms with Crippen LogP contribution >= 0.6 is 0 Å². The van der Waals surface area contributed by atoms with Gasteiger partial charge in [0.2, 0.25) is 0 Å². The van der Waals surface area contributed by atoms with Crippen molar-refractivity contribution >= 4 is 5.82 Å². The second kappa shape index (κ2) is 12.3. The molecule has 0 bridgehead atoms. The Labute approximate surface area is 215 Å². The molecular formula is C29H31N3O5. The Bertz CT molecular complexity index is 1270. The van der Waals surface area contributed by atoms with E-state index in [1.807, 2.05) is 84.9 Å². The second-order valence-corrected chi connectivity index (χ2v) is 8.40. The summed E-state index contributed by atoms with van der Waals surface area (Å²) in [5, 5.41) is 22.1. The Kier molecular flexibility index (Phi) is 8.68. The van der Waals surface area contributed by atoms with E-state index in [9.17, 15) is 9.90 Å². The molecule has 8 heteroatoms. The van der Waals surface area contributed by atoms with Crippen LogP contribution in [0.5, 0.6) is 5.75 Å². The number of benzene rings is 3. The van der Waals surface area contributed by atoms with Crippen LogP contribution in [0.4, 0.5) is 5.82 Å². The smallest absolute Gasteiger partial charge is 0.351 e. The van der Waals surface area contributed by atoms with Crippen LogP contribution < -0.4 is 15.7 Å². The van der Waals surface area contributed by atoms with Crippen molar-refractivity contribution in [2.75, 3.05) is 32.2 Å². The van der Waals surface area contributed by atoms with Crippen LogP contribution in [0.3, 0.4) is 0 Å². The van der Waals surface area contributed by atoms with Gasteiger partial charge in [-0.1, -0.05) is 72.8 Å². The average molecular weight is 502 g/mol. The number of ether oxygens (including phenoxy) is 2. The quantitative estimate of drug-likeness (QED) is 0.255. The van der Waals surface area contributed by atoms with Gasteiger partial charge in [-0.3, -0.25) is 4.57 Å². The van der Waals surface area contributed by atoms with Crippen molar-refractivity contribution in [2.24, 2.45) is 0 Å². The first-order chi connectivity index (χ1) is 18.1. The van der Waals surface area contributed by atoms with Crippen LogP contribution in [0.25, 0.3) is 0 Å². The van der Waals surface area contributed by atoms with E-state index in [2.05, 4.69) is 10.3 Å². The van der Waals surface area contributed by atoms with Crippen molar-refractivity contribution in [1.82, 2.24) is 9.55 Å². The lowest BCUT2D eigenvalue weighted by atomic mass is 9.77. The molecule has 1 heterocycles. The summed E-state index contributed by atoms with van der Waals surface area (Å²) in [6.45, 7) is -0.326. The van der Waals surface area contributed by atoms with E-state index in [-0.39, 0.29) is 26.2 Å². The molecule has 0 fully saturated rings. The molecule has 8 nitrogen and oxygen atoms in total. The third-order valence-corrected chi connectivity index (χ3v) is 6.17. The Morgan fingerprint density at radius 1 is 0.865 bits per heavy atom. The van der Waals surface area contributed by atoms with Gasteiger partial charge in [0.15, 0.2) is 0 Å². The SMILES string of the molecule is COc1ccc(C(Nc2ccn([C@H](CCO)OCCO)c(=O)n2)(c2ccccc2)c2ccccc2)cc1. The molecule has 3 aromatic carbocycles.